The van der Waals surface area contributed by atoms with E-state index in [1.807, 2.05) is 0 Å². The summed E-state index contributed by atoms with van der Waals surface area (Å²) in [6, 6.07) is 9.33. The van der Waals surface area contributed by atoms with Crippen LogP contribution >= 0.6 is 11.6 Å². The van der Waals surface area contributed by atoms with E-state index in [2.05, 4.69) is 5.32 Å². The molecule has 21 heavy (non-hydrogen) atoms. The zero-order valence-electron chi connectivity index (χ0n) is 10.5. The molecule has 3 N–H and O–H groups in total. The number of amides is 1. The molecule has 2 rings (SSSR count). The highest BCUT2D eigenvalue weighted by Gasteiger charge is 2.34. The van der Waals surface area contributed by atoms with Gasteiger partial charge in [0.05, 0.1) is 21.8 Å². The molecule has 0 saturated carbocycles. The summed E-state index contributed by atoms with van der Waals surface area (Å²) in [5.41, 5.74) is 4.36. The number of nitrogen functional groups attached to an aromatic ring is 1. The number of para-hydroxylation sites is 2. The van der Waals surface area contributed by atoms with Gasteiger partial charge in [-0.2, -0.15) is 13.2 Å². The maximum Gasteiger partial charge on any atom is 0.418 e. The number of nitrogens with two attached hydrogens (primary N) is 1. The molecule has 0 aliphatic carbocycles. The fraction of sp³-hybridized carbons (Fsp3) is 0.0714. The van der Waals surface area contributed by atoms with Crippen molar-refractivity contribution in [2.45, 2.75) is 6.18 Å². The molecule has 7 heteroatoms. The van der Waals surface area contributed by atoms with Gasteiger partial charge in [-0.15, -0.1) is 0 Å². The van der Waals surface area contributed by atoms with Crippen molar-refractivity contribution in [2.24, 2.45) is 0 Å². The van der Waals surface area contributed by atoms with Crippen molar-refractivity contribution in [3.05, 3.63) is 58.6 Å². The first-order valence-electron chi connectivity index (χ1n) is 5.82. The SMILES string of the molecule is Nc1ccccc1C(=O)Nc1c(Cl)cccc1C(F)(F)F. The first-order chi connectivity index (χ1) is 9.80. The Hall–Kier alpha value is -2.21. The van der Waals surface area contributed by atoms with Crippen LogP contribution in [-0.4, -0.2) is 5.91 Å². The number of benzene rings is 2. The quantitative estimate of drug-likeness (QED) is 0.816. The average Bonchev–Trinajstić information content (AvgIpc) is 2.40. The first kappa shape index (κ1) is 15.2. The molecule has 0 spiro atoms. The van der Waals surface area contributed by atoms with Gasteiger partial charge < -0.3 is 11.1 Å². The summed E-state index contributed by atoms with van der Waals surface area (Å²) in [6.07, 6.45) is -4.63. The standard InChI is InChI=1S/C14H10ClF3N2O/c15-10-6-3-5-9(14(16,17)18)12(10)20-13(21)8-4-1-2-7-11(8)19/h1-7H,19H2,(H,20,21). The van der Waals surface area contributed by atoms with Crippen molar-refractivity contribution in [1.29, 1.82) is 0 Å². The largest absolute Gasteiger partial charge is 0.418 e. The lowest BCUT2D eigenvalue weighted by molar-refractivity contribution is -0.136. The number of carbonyl (C=O) groups excluding carboxylic acids is 1. The predicted molar refractivity (Wildman–Crippen MR) is 75.3 cm³/mol. The van der Waals surface area contributed by atoms with E-state index in [1.165, 1.54) is 18.2 Å². The van der Waals surface area contributed by atoms with Crippen LogP contribution in [0.2, 0.25) is 5.02 Å². The van der Waals surface area contributed by atoms with Crippen molar-refractivity contribution in [3.8, 4) is 0 Å². The summed E-state index contributed by atoms with van der Waals surface area (Å²) in [5.74, 6) is -0.758. The van der Waals surface area contributed by atoms with E-state index >= 15 is 0 Å². The van der Waals surface area contributed by atoms with Crippen molar-refractivity contribution < 1.29 is 18.0 Å². The lowest BCUT2D eigenvalue weighted by Gasteiger charge is -2.15. The molecule has 0 aliphatic rings. The smallest absolute Gasteiger partial charge is 0.398 e. The summed E-state index contributed by atoms with van der Waals surface area (Å²) < 4.78 is 38.8. The predicted octanol–water partition coefficient (Wildman–Crippen LogP) is 4.19. The third-order valence-corrected chi connectivity index (χ3v) is 3.08. The van der Waals surface area contributed by atoms with E-state index in [1.54, 1.807) is 12.1 Å². The van der Waals surface area contributed by atoms with Gasteiger partial charge in [0.2, 0.25) is 0 Å². The molecule has 0 saturated heterocycles. The molecule has 0 heterocycles. The average molecular weight is 315 g/mol. The summed E-state index contributed by atoms with van der Waals surface area (Å²) in [6.45, 7) is 0. The van der Waals surface area contributed by atoms with Crippen LogP contribution in [0.5, 0.6) is 0 Å². The third-order valence-electron chi connectivity index (χ3n) is 2.76. The zero-order chi connectivity index (χ0) is 15.6. The Balaban J connectivity index is 2.41. The summed E-state index contributed by atoms with van der Waals surface area (Å²) >= 11 is 5.76. The molecule has 0 aromatic heterocycles. The molecule has 3 nitrogen and oxygen atoms in total. The van der Waals surface area contributed by atoms with E-state index in [-0.39, 0.29) is 16.3 Å². The monoisotopic (exact) mass is 314 g/mol. The van der Waals surface area contributed by atoms with E-state index in [0.717, 1.165) is 12.1 Å². The minimum Gasteiger partial charge on any atom is -0.398 e. The molecular formula is C14H10ClF3N2O. The number of carbonyl (C=O) groups is 1. The highest BCUT2D eigenvalue weighted by atomic mass is 35.5. The Bertz CT molecular complexity index is 686. The summed E-state index contributed by atoms with van der Waals surface area (Å²) in [7, 11) is 0. The Kier molecular flexibility index (Phi) is 4.09. The van der Waals surface area contributed by atoms with Gasteiger partial charge in [-0.25, -0.2) is 0 Å². The van der Waals surface area contributed by atoms with Crippen LogP contribution in [-0.2, 0) is 6.18 Å². The van der Waals surface area contributed by atoms with Crippen molar-refractivity contribution in [1.82, 2.24) is 0 Å². The molecule has 0 aliphatic heterocycles. The van der Waals surface area contributed by atoms with Crippen molar-refractivity contribution in [2.75, 3.05) is 11.1 Å². The Labute approximate surface area is 123 Å². The fourth-order valence-corrected chi connectivity index (χ4v) is 1.99. The van der Waals surface area contributed by atoms with E-state index in [4.69, 9.17) is 17.3 Å². The molecule has 0 fully saturated rings. The molecule has 2 aromatic rings. The third kappa shape index (κ3) is 3.28. The maximum atomic E-state index is 12.9. The van der Waals surface area contributed by atoms with Crippen LogP contribution in [0.3, 0.4) is 0 Å². The first-order valence-corrected chi connectivity index (χ1v) is 6.20. The number of halogens is 4. The van der Waals surface area contributed by atoms with Crippen LogP contribution in [0, 0.1) is 0 Å². The number of rotatable bonds is 2. The molecule has 0 radical (unpaired) electrons. The second kappa shape index (κ2) is 5.65. The van der Waals surface area contributed by atoms with Gasteiger partial charge in [0, 0.05) is 5.69 Å². The van der Waals surface area contributed by atoms with Gasteiger partial charge in [-0.05, 0) is 24.3 Å². The number of nitrogens with one attached hydrogen (secondary N) is 1. The topological polar surface area (TPSA) is 55.1 Å². The van der Waals surface area contributed by atoms with Crippen LogP contribution in [0.4, 0.5) is 24.5 Å². The number of alkyl halides is 3. The molecule has 1 amide bonds. The Morgan fingerprint density at radius 1 is 1.10 bits per heavy atom. The zero-order valence-corrected chi connectivity index (χ0v) is 11.3. The Morgan fingerprint density at radius 2 is 1.76 bits per heavy atom. The second-order valence-corrected chi connectivity index (χ2v) is 4.61. The van der Waals surface area contributed by atoms with Crippen molar-refractivity contribution >= 4 is 28.9 Å². The lowest BCUT2D eigenvalue weighted by atomic mass is 10.1. The maximum absolute atomic E-state index is 12.9. The van der Waals surface area contributed by atoms with E-state index < -0.39 is 23.3 Å². The van der Waals surface area contributed by atoms with Gasteiger partial charge in [0.1, 0.15) is 0 Å². The van der Waals surface area contributed by atoms with Crippen LogP contribution in [0.25, 0.3) is 0 Å². The number of hydrogen-bond donors (Lipinski definition) is 2. The fourth-order valence-electron chi connectivity index (χ4n) is 1.77. The van der Waals surface area contributed by atoms with Gasteiger partial charge in [0.25, 0.3) is 5.91 Å². The van der Waals surface area contributed by atoms with E-state index in [9.17, 15) is 18.0 Å². The normalized spacial score (nSPS) is 11.2. The van der Waals surface area contributed by atoms with Gasteiger partial charge in [-0.1, -0.05) is 29.8 Å². The molecule has 2 aromatic carbocycles. The highest BCUT2D eigenvalue weighted by molar-refractivity contribution is 6.34. The minimum atomic E-state index is -4.63. The van der Waals surface area contributed by atoms with Crippen molar-refractivity contribution in [3.63, 3.8) is 0 Å². The second-order valence-electron chi connectivity index (χ2n) is 4.20. The molecule has 0 atom stereocenters. The minimum absolute atomic E-state index is 0.0746. The molecule has 110 valence electrons. The summed E-state index contributed by atoms with van der Waals surface area (Å²) in [5, 5.41) is 1.97. The van der Waals surface area contributed by atoms with Gasteiger partial charge in [0.15, 0.2) is 0 Å². The van der Waals surface area contributed by atoms with Gasteiger partial charge >= 0.3 is 6.18 Å². The van der Waals surface area contributed by atoms with Crippen LogP contribution in [0.1, 0.15) is 15.9 Å². The molecular weight excluding hydrogens is 305 g/mol. The molecule has 0 unspecified atom stereocenters. The number of anilines is 2. The van der Waals surface area contributed by atoms with Gasteiger partial charge in [-0.3, -0.25) is 4.79 Å². The van der Waals surface area contributed by atoms with Crippen LogP contribution < -0.4 is 11.1 Å². The molecule has 0 bridgehead atoms. The lowest BCUT2D eigenvalue weighted by Crippen LogP contribution is -2.18. The highest BCUT2D eigenvalue weighted by Crippen LogP contribution is 2.38. The summed E-state index contributed by atoms with van der Waals surface area (Å²) in [4.78, 5) is 12.0. The van der Waals surface area contributed by atoms with E-state index in [0.29, 0.717) is 0 Å². The Morgan fingerprint density at radius 3 is 2.38 bits per heavy atom. The van der Waals surface area contributed by atoms with Crippen LogP contribution in [0.15, 0.2) is 42.5 Å². The number of hydrogen-bond acceptors (Lipinski definition) is 2.